The van der Waals surface area contributed by atoms with Gasteiger partial charge in [0.2, 0.25) is 10.0 Å². The van der Waals surface area contributed by atoms with Crippen molar-refractivity contribution < 1.29 is 8.42 Å². The highest BCUT2D eigenvalue weighted by Gasteiger charge is 2.35. The standard InChI is InChI=1S/C23H25N3O2S/c1-15-10-11-17(14-20(15)22-9-4-6-16(2)25-22)23-19-7-5-8-21(24)18(19)12-13-26(23)29(3,27)28/h4-11,14,23H,12-13,24H2,1-3H3. The summed E-state index contributed by atoms with van der Waals surface area (Å²) in [5.74, 6) is 0. The summed E-state index contributed by atoms with van der Waals surface area (Å²) in [5.41, 5.74) is 13.8. The summed E-state index contributed by atoms with van der Waals surface area (Å²) in [4.78, 5) is 4.66. The number of benzene rings is 2. The fourth-order valence-corrected chi connectivity index (χ4v) is 5.20. The van der Waals surface area contributed by atoms with Crippen molar-refractivity contribution in [2.24, 2.45) is 0 Å². The molecule has 150 valence electrons. The number of nitrogens with two attached hydrogens (primary N) is 1. The Morgan fingerprint density at radius 1 is 1.07 bits per heavy atom. The van der Waals surface area contributed by atoms with Gasteiger partial charge in [0.1, 0.15) is 0 Å². The van der Waals surface area contributed by atoms with Crippen LogP contribution in [0.1, 0.15) is 34.0 Å². The number of fused-ring (bicyclic) bond motifs is 1. The van der Waals surface area contributed by atoms with Gasteiger partial charge in [-0.2, -0.15) is 4.31 Å². The summed E-state index contributed by atoms with van der Waals surface area (Å²) in [5, 5.41) is 0. The van der Waals surface area contributed by atoms with E-state index in [0.717, 1.165) is 39.2 Å². The highest BCUT2D eigenvalue weighted by molar-refractivity contribution is 7.88. The molecule has 3 aromatic rings. The molecule has 29 heavy (non-hydrogen) atoms. The molecule has 0 amide bonds. The lowest BCUT2D eigenvalue weighted by Gasteiger charge is -2.36. The lowest BCUT2D eigenvalue weighted by Crippen LogP contribution is -2.40. The van der Waals surface area contributed by atoms with Gasteiger partial charge in [0, 0.05) is 23.5 Å². The van der Waals surface area contributed by atoms with Gasteiger partial charge in [-0.15, -0.1) is 0 Å². The molecule has 0 fully saturated rings. The SMILES string of the molecule is Cc1cccc(-c2cc(C3c4cccc(N)c4CCN3S(C)(=O)=O)ccc2C)n1. The van der Waals surface area contributed by atoms with E-state index in [1.54, 1.807) is 4.31 Å². The average Bonchev–Trinajstić information content (AvgIpc) is 2.67. The molecule has 1 atom stereocenters. The lowest BCUT2D eigenvalue weighted by molar-refractivity contribution is 0.347. The van der Waals surface area contributed by atoms with Crippen LogP contribution in [-0.4, -0.2) is 30.5 Å². The van der Waals surface area contributed by atoms with Gasteiger partial charge in [-0.25, -0.2) is 8.42 Å². The second-order valence-electron chi connectivity index (χ2n) is 7.68. The van der Waals surface area contributed by atoms with Gasteiger partial charge in [-0.05, 0) is 66.8 Å². The quantitative estimate of drug-likeness (QED) is 0.669. The molecule has 4 rings (SSSR count). The maximum atomic E-state index is 12.6. The van der Waals surface area contributed by atoms with Crippen LogP contribution < -0.4 is 5.73 Å². The van der Waals surface area contributed by atoms with E-state index in [1.165, 1.54) is 6.26 Å². The Morgan fingerprint density at radius 2 is 1.83 bits per heavy atom. The van der Waals surface area contributed by atoms with Crippen LogP contribution in [0.25, 0.3) is 11.3 Å². The van der Waals surface area contributed by atoms with E-state index >= 15 is 0 Å². The molecule has 0 radical (unpaired) electrons. The first-order chi connectivity index (χ1) is 13.8. The first-order valence-electron chi connectivity index (χ1n) is 9.64. The molecule has 1 aliphatic heterocycles. The van der Waals surface area contributed by atoms with Gasteiger partial charge in [-0.3, -0.25) is 4.98 Å². The zero-order valence-electron chi connectivity index (χ0n) is 16.9. The predicted octanol–water partition coefficient (Wildman–Crippen LogP) is 3.85. The largest absolute Gasteiger partial charge is 0.398 e. The molecule has 6 heteroatoms. The van der Waals surface area contributed by atoms with E-state index in [1.807, 2.05) is 62.4 Å². The summed E-state index contributed by atoms with van der Waals surface area (Å²) in [7, 11) is -3.40. The number of aryl methyl sites for hydroxylation is 2. The summed E-state index contributed by atoms with van der Waals surface area (Å²) in [6, 6.07) is 17.4. The van der Waals surface area contributed by atoms with Crippen molar-refractivity contribution >= 4 is 15.7 Å². The first kappa shape index (κ1) is 19.6. The Balaban J connectivity index is 1.92. The summed E-state index contributed by atoms with van der Waals surface area (Å²) < 4.78 is 26.8. The van der Waals surface area contributed by atoms with Crippen LogP contribution >= 0.6 is 0 Å². The van der Waals surface area contributed by atoms with Gasteiger partial charge in [0.15, 0.2) is 0 Å². The molecule has 1 aromatic heterocycles. The monoisotopic (exact) mass is 407 g/mol. The van der Waals surface area contributed by atoms with E-state index in [4.69, 9.17) is 5.73 Å². The highest BCUT2D eigenvalue weighted by atomic mass is 32.2. The number of rotatable bonds is 3. The molecule has 0 saturated heterocycles. The first-order valence-corrected chi connectivity index (χ1v) is 11.5. The van der Waals surface area contributed by atoms with Gasteiger partial charge < -0.3 is 5.73 Å². The van der Waals surface area contributed by atoms with Crippen molar-refractivity contribution in [3.63, 3.8) is 0 Å². The molecule has 1 aliphatic rings. The topological polar surface area (TPSA) is 76.3 Å². The molecular weight excluding hydrogens is 382 g/mol. The van der Waals surface area contributed by atoms with Crippen LogP contribution in [0.4, 0.5) is 5.69 Å². The number of sulfonamides is 1. The van der Waals surface area contributed by atoms with E-state index in [9.17, 15) is 8.42 Å². The molecule has 0 saturated carbocycles. The molecule has 5 nitrogen and oxygen atoms in total. The van der Waals surface area contributed by atoms with Crippen molar-refractivity contribution in [1.82, 2.24) is 9.29 Å². The number of hydrogen-bond donors (Lipinski definition) is 1. The zero-order valence-corrected chi connectivity index (χ0v) is 17.7. The number of pyridine rings is 1. The second kappa shape index (κ2) is 7.28. The molecule has 0 bridgehead atoms. The molecule has 0 spiro atoms. The Bertz CT molecular complexity index is 1190. The minimum atomic E-state index is -3.40. The van der Waals surface area contributed by atoms with Crippen molar-refractivity contribution in [2.75, 3.05) is 18.5 Å². The molecular formula is C23H25N3O2S. The predicted molar refractivity (Wildman–Crippen MR) is 117 cm³/mol. The minimum Gasteiger partial charge on any atom is -0.398 e. The maximum absolute atomic E-state index is 12.6. The zero-order chi connectivity index (χ0) is 20.8. The number of nitrogens with zero attached hydrogens (tertiary/aromatic N) is 2. The molecule has 2 heterocycles. The Hall–Kier alpha value is -2.70. The number of hydrogen-bond acceptors (Lipinski definition) is 4. The fourth-order valence-electron chi connectivity index (χ4n) is 4.16. The third-order valence-electron chi connectivity index (χ3n) is 5.58. The van der Waals surface area contributed by atoms with Crippen LogP contribution in [-0.2, 0) is 16.4 Å². The fraction of sp³-hybridized carbons (Fsp3) is 0.261. The lowest BCUT2D eigenvalue weighted by atomic mass is 9.87. The van der Waals surface area contributed by atoms with Crippen LogP contribution in [0.15, 0.2) is 54.6 Å². The summed E-state index contributed by atoms with van der Waals surface area (Å²) in [6.45, 7) is 4.43. The van der Waals surface area contributed by atoms with E-state index in [-0.39, 0.29) is 0 Å². The van der Waals surface area contributed by atoms with E-state index in [2.05, 4.69) is 11.1 Å². The molecule has 2 N–H and O–H groups in total. The third-order valence-corrected chi connectivity index (χ3v) is 6.83. The average molecular weight is 408 g/mol. The van der Waals surface area contributed by atoms with Crippen molar-refractivity contribution in [2.45, 2.75) is 26.3 Å². The van der Waals surface area contributed by atoms with Gasteiger partial charge in [-0.1, -0.05) is 30.3 Å². The normalized spacial score (nSPS) is 17.1. The van der Waals surface area contributed by atoms with Crippen LogP contribution in [0, 0.1) is 13.8 Å². The summed E-state index contributed by atoms with van der Waals surface area (Å²) >= 11 is 0. The van der Waals surface area contributed by atoms with Gasteiger partial charge in [0.25, 0.3) is 0 Å². The number of anilines is 1. The van der Waals surface area contributed by atoms with Crippen molar-refractivity contribution in [3.05, 3.63) is 82.5 Å². The smallest absolute Gasteiger partial charge is 0.212 e. The molecule has 1 unspecified atom stereocenters. The Kier molecular flexibility index (Phi) is 4.92. The van der Waals surface area contributed by atoms with Crippen LogP contribution in [0.3, 0.4) is 0 Å². The number of nitrogen functional groups attached to an aromatic ring is 1. The van der Waals surface area contributed by atoms with Crippen LogP contribution in [0.2, 0.25) is 0 Å². The second-order valence-corrected chi connectivity index (χ2v) is 9.61. The van der Waals surface area contributed by atoms with Gasteiger partial charge in [0.05, 0.1) is 18.0 Å². The minimum absolute atomic E-state index is 0.401. The molecule has 0 aliphatic carbocycles. The third kappa shape index (κ3) is 3.66. The van der Waals surface area contributed by atoms with E-state index < -0.39 is 16.1 Å². The van der Waals surface area contributed by atoms with E-state index in [0.29, 0.717) is 18.7 Å². The van der Waals surface area contributed by atoms with Gasteiger partial charge >= 0.3 is 0 Å². The Labute approximate surface area is 172 Å². The maximum Gasteiger partial charge on any atom is 0.212 e. The summed E-state index contributed by atoms with van der Waals surface area (Å²) in [6.07, 6.45) is 1.89. The Morgan fingerprint density at radius 3 is 2.55 bits per heavy atom. The van der Waals surface area contributed by atoms with Crippen molar-refractivity contribution in [3.8, 4) is 11.3 Å². The highest BCUT2D eigenvalue weighted by Crippen LogP contribution is 2.40. The van der Waals surface area contributed by atoms with Crippen LogP contribution in [0.5, 0.6) is 0 Å². The number of aromatic nitrogens is 1. The molecule has 2 aromatic carbocycles. The van der Waals surface area contributed by atoms with Crippen molar-refractivity contribution in [1.29, 1.82) is 0 Å².